The van der Waals surface area contributed by atoms with E-state index in [2.05, 4.69) is 5.32 Å². The zero-order valence-corrected chi connectivity index (χ0v) is 13.4. The van der Waals surface area contributed by atoms with Crippen LogP contribution in [0.25, 0.3) is 0 Å². The molecule has 0 saturated heterocycles. The van der Waals surface area contributed by atoms with Gasteiger partial charge in [-0.1, -0.05) is 18.6 Å². The van der Waals surface area contributed by atoms with Crippen molar-refractivity contribution >= 4 is 5.91 Å². The van der Waals surface area contributed by atoms with Gasteiger partial charge in [-0.15, -0.1) is 0 Å². The first-order valence-electron chi connectivity index (χ1n) is 8.96. The summed E-state index contributed by atoms with van der Waals surface area (Å²) in [5, 5.41) is 3.19. The van der Waals surface area contributed by atoms with Gasteiger partial charge in [0.2, 0.25) is 5.91 Å². The van der Waals surface area contributed by atoms with Gasteiger partial charge in [0.15, 0.2) is 0 Å². The van der Waals surface area contributed by atoms with Crippen molar-refractivity contribution in [1.82, 2.24) is 5.32 Å². The summed E-state index contributed by atoms with van der Waals surface area (Å²) in [7, 11) is 0. The van der Waals surface area contributed by atoms with Crippen molar-refractivity contribution in [1.29, 1.82) is 0 Å². The van der Waals surface area contributed by atoms with Crippen LogP contribution >= 0.6 is 0 Å². The lowest BCUT2D eigenvalue weighted by Gasteiger charge is -2.43. The van der Waals surface area contributed by atoms with Crippen LogP contribution in [0, 0.1) is 23.6 Å². The smallest absolute Gasteiger partial charge is 0.223 e. The van der Waals surface area contributed by atoms with Gasteiger partial charge in [0, 0.05) is 12.0 Å². The van der Waals surface area contributed by atoms with Gasteiger partial charge >= 0.3 is 0 Å². The zero-order chi connectivity index (χ0) is 16.0. The fourth-order valence-corrected chi connectivity index (χ4v) is 5.05. The summed E-state index contributed by atoms with van der Waals surface area (Å²) in [5.74, 6) is 1.11. The van der Waals surface area contributed by atoms with Crippen LogP contribution in [-0.2, 0) is 11.2 Å². The lowest BCUT2D eigenvalue weighted by atomic mass is 9.65. The largest absolute Gasteiger partial charge is 0.349 e. The van der Waals surface area contributed by atoms with Crippen molar-refractivity contribution in [2.45, 2.75) is 57.0 Å². The Hall–Kier alpha value is -1.42. The standard InChI is InChI=1S/C19H25FN2O/c20-16-6-2-5-15-14(16)7-8-17(15)22-19(23)13-9-11-3-1-4-12(10-13)18(11)21/h2,5-6,11-13,17-18H,1,3-4,7-10,21H2,(H,22,23). The third-order valence-corrected chi connectivity index (χ3v) is 6.31. The molecule has 2 saturated carbocycles. The number of carbonyl (C=O) groups excluding carboxylic acids is 1. The molecule has 0 radical (unpaired) electrons. The fourth-order valence-electron chi connectivity index (χ4n) is 5.05. The lowest BCUT2D eigenvalue weighted by Crippen LogP contribution is -2.49. The van der Waals surface area contributed by atoms with Gasteiger partial charge in [-0.05, 0) is 67.6 Å². The molecule has 4 rings (SSSR count). The first-order valence-corrected chi connectivity index (χ1v) is 8.96. The second kappa shape index (κ2) is 5.90. The summed E-state index contributed by atoms with van der Waals surface area (Å²) in [5.41, 5.74) is 8.06. The van der Waals surface area contributed by atoms with E-state index in [1.165, 1.54) is 25.3 Å². The highest BCUT2D eigenvalue weighted by Gasteiger charge is 2.41. The Morgan fingerprint density at radius 1 is 1.17 bits per heavy atom. The van der Waals surface area contributed by atoms with Crippen molar-refractivity contribution in [3.63, 3.8) is 0 Å². The molecule has 3 nitrogen and oxygen atoms in total. The molecule has 0 spiro atoms. The highest BCUT2D eigenvalue weighted by atomic mass is 19.1. The van der Waals surface area contributed by atoms with Gasteiger partial charge in [0.05, 0.1) is 6.04 Å². The molecule has 2 fully saturated rings. The number of fused-ring (bicyclic) bond motifs is 3. The molecule has 0 heterocycles. The van der Waals surface area contributed by atoms with Crippen LogP contribution in [0.3, 0.4) is 0 Å². The van der Waals surface area contributed by atoms with Crippen LogP contribution in [0.2, 0.25) is 0 Å². The van der Waals surface area contributed by atoms with E-state index in [9.17, 15) is 9.18 Å². The van der Waals surface area contributed by atoms with E-state index in [4.69, 9.17) is 5.73 Å². The highest BCUT2D eigenvalue weighted by Crippen LogP contribution is 2.42. The van der Waals surface area contributed by atoms with Gasteiger partial charge in [-0.3, -0.25) is 4.79 Å². The van der Waals surface area contributed by atoms with E-state index >= 15 is 0 Å². The molecule has 3 aliphatic rings. The monoisotopic (exact) mass is 316 g/mol. The molecular weight excluding hydrogens is 291 g/mol. The van der Waals surface area contributed by atoms with E-state index < -0.39 is 0 Å². The van der Waals surface area contributed by atoms with Crippen molar-refractivity contribution in [3.8, 4) is 0 Å². The fraction of sp³-hybridized carbons (Fsp3) is 0.632. The number of hydrogen-bond donors (Lipinski definition) is 2. The maximum Gasteiger partial charge on any atom is 0.223 e. The third kappa shape index (κ3) is 2.67. The predicted molar refractivity (Wildman–Crippen MR) is 87.1 cm³/mol. The quantitative estimate of drug-likeness (QED) is 0.881. The number of nitrogens with two attached hydrogens (primary N) is 1. The van der Waals surface area contributed by atoms with Crippen molar-refractivity contribution in [3.05, 3.63) is 35.1 Å². The average Bonchev–Trinajstić information content (AvgIpc) is 2.91. The molecule has 1 aromatic carbocycles. The Morgan fingerprint density at radius 3 is 2.65 bits per heavy atom. The Balaban J connectivity index is 1.45. The highest BCUT2D eigenvalue weighted by molar-refractivity contribution is 5.79. The molecule has 124 valence electrons. The molecule has 2 bridgehead atoms. The van der Waals surface area contributed by atoms with Crippen LogP contribution in [0.15, 0.2) is 18.2 Å². The van der Waals surface area contributed by atoms with Crippen LogP contribution < -0.4 is 11.1 Å². The van der Waals surface area contributed by atoms with Crippen molar-refractivity contribution in [2.24, 2.45) is 23.5 Å². The van der Waals surface area contributed by atoms with Crippen molar-refractivity contribution in [2.75, 3.05) is 0 Å². The van der Waals surface area contributed by atoms with E-state index in [1.54, 1.807) is 6.07 Å². The van der Waals surface area contributed by atoms with Crippen LogP contribution in [0.5, 0.6) is 0 Å². The maximum atomic E-state index is 13.8. The zero-order valence-electron chi connectivity index (χ0n) is 13.4. The van der Waals surface area contributed by atoms with E-state index in [0.717, 1.165) is 30.4 Å². The summed E-state index contributed by atoms with van der Waals surface area (Å²) < 4.78 is 13.8. The molecule has 1 aromatic rings. The van der Waals surface area contributed by atoms with Crippen LogP contribution in [0.1, 0.15) is 55.7 Å². The number of halogens is 1. The molecule has 0 aliphatic heterocycles. The van der Waals surface area contributed by atoms with E-state index in [0.29, 0.717) is 18.3 Å². The van der Waals surface area contributed by atoms with Crippen LogP contribution in [-0.4, -0.2) is 11.9 Å². The first-order chi connectivity index (χ1) is 11.1. The summed E-state index contributed by atoms with van der Waals surface area (Å²) in [4.78, 5) is 12.7. The van der Waals surface area contributed by atoms with Gasteiger partial charge in [-0.2, -0.15) is 0 Å². The predicted octanol–water partition coefficient (Wildman–Crippen LogP) is 3.08. The lowest BCUT2D eigenvalue weighted by molar-refractivity contribution is -0.128. The van der Waals surface area contributed by atoms with E-state index in [-0.39, 0.29) is 29.7 Å². The topological polar surface area (TPSA) is 55.1 Å². The second-order valence-corrected chi connectivity index (χ2v) is 7.60. The van der Waals surface area contributed by atoms with Crippen molar-refractivity contribution < 1.29 is 9.18 Å². The van der Waals surface area contributed by atoms with E-state index in [1.807, 2.05) is 6.07 Å². The van der Waals surface area contributed by atoms with Crippen LogP contribution in [0.4, 0.5) is 4.39 Å². The van der Waals surface area contributed by atoms with Gasteiger partial charge in [0.1, 0.15) is 5.82 Å². The minimum atomic E-state index is -0.141. The molecule has 3 aliphatic carbocycles. The molecule has 3 atom stereocenters. The summed E-state index contributed by atoms with van der Waals surface area (Å²) >= 11 is 0. The number of benzene rings is 1. The Morgan fingerprint density at radius 2 is 1.91 bits per heavy atom. The Kier molecular flexibility index (Phi) is 3.88. The summed E-state index contributed by atoms with van der Waals surface area (Å²) in [6, 6.07) is 5.45. The molecule has 3 N–H and O–H groups in total. The molecule has 3 unspecified atom stereocenters. The molecule has 23 heavy (non-hydrogen) atoms. The first kappa shape index (κ1) is 15.1. The number of hydrogen-bond acceptors (Lipinski definition) is 2. The van der Waals surface area contributed by atoms with Gasteiger partial charge in [0.25, 0.3) is 0 Å². The molecule has 4 heteroatoms. The number of carbonyl (C=O) groups is 1. The Labute approximate surface area is 136 Å². The third-order valence-electron chi connectivity index (χ3n) is 6.31. The number of rotatable bonds is 2. The van der Waals surface area contributed by atoms with Gasteiger partial charge in [-0.25, -0.2) is 4.39 Å². The summed E-state index contributed by atoms with van der Waals surface area (Å²) in [6.07, 6.45) is 6.96. The number of amides is 1. The Bertz CT molecular complexity index is 603. The molecular formula is C19H25FN2O. The minimum absolute atomic E-state index is 0.0244. The second-order valence-electron chi connectivity index (χ2n) is 7.60. The minimum Gasteiger partial charge on any atom is -0.349 e. The van der Waals surface area contributed by atoms with Gasteiger partial charge < -0.3 is 11.1 Å². The normalized spacial score (nSPS) is 35.7. The molecule has 1 amide bonds. The SMILES string of the molecule is NC1C2CCCC1CC(C(=O)NC1CCc3c(F)cccc31)C2. The average molecular weight is 316 g/mol. The summed E-state index contributed by atoms with van der Waals surface area (Å²) in [6.45, 7) is 0. The molecule has 0 aromatic heterocycles. The number of nitrogens with one attached hydrogen (secondary N) is 1. The maximum absolute atomic E-state index is 13.8.